The molecule has 5 aromatic rings. The van der Waals surface area contributed by atoms with Gasteiger partial charge in [0.05, 0.1) is 17.6 Å². The summed E-state index contributed by atoms with van der Waals surface area (Å²) >= 11 is 0. The molecule has 0 aliphatic carbocycles. The maximum absolute atomic E-state index is 13.5. The minimum absolute atomic E-state index is 0.0667. The predicted molar refractivity (Wildman–Crippen MR) is 125 cm³/mol. The molecule has 2 aromatic heterocycles. The lowest BCUT2D eigenvalue weighted by Gasteiger charge is -2.08. The summed E-state index contributed by atoms with van der Waals surface area (Å²) in [6, 6.07) is 20.2. The van der Waals surface area contributed by atoms with Crippen molar-refractivity contribution in [2.75, 3.05) is 18.1 Å². The molecule has 0 atom stereocenters. The van der Waals surface area contributed by atoms with E-state index in [1.54, 1.807) is 43.4 Å². The Labute approximate surface area is 187 Å². The monoisotopic (exact) mass is 442 g/mol. The van der Waals surface area contributed by atoms with Gasteiger partial charge in [-0.05, 0) is 54.6 Å². The first-order valence-electron chi connectivity index (χ1n) is 10.1. The van der Waals surface area contributed by atoms with Gasteiger partial charge in [-0.1, -0.05) is 12.1 Å². The summed E-state index contributed by atoms with van der Waals surface area (Å²) in [5.74, 6) is 0.565. The first kappa shape index (κ1) is 20.3. The van der Waals surface area contributed by atoms with E-state index in [0.29, 0.717) is 34.0 Å². The molecule has 5 rings (SSSR count). The molecule has 0 amide bonds. The van der Waals surface area contributed by atoms with E-state index >= 15 is 0 Å². The van der Waals surface area contributed by atoms with Crippen molar-refractivity contribution in [2.45, 2.75) is 0 Å². The van der Waals surface area contributed by atoms with Gasteiger partial charge in [-0.2, -0.15) is 4.98 Å². The molecule has 0 unspecified atom stereocenters. The number of nitrogens with two attached hydrogens (primary N) is 1. The van der Waals surface area contributed by atoms with E-state index in [2.05, 4.69) is 15.3 Å². The van der Waals surface area contributed by atoms with Crippen LogP contribution in [0.2, 0.25) is 0 Å². The summed E-state index contributed by atoms with van der Waals surface area (Å²) in [6.07, 6.45) is 1.52. The third kappa shape index (κ3) is 3.76. The number of nitrogens with one attached hydrogen (secondary N) is 1. The van der Waals surface area contributed by atoms with E-state index in [1.165, 1.54) is 27.5 Å². The molecule has 0 saturated carbocycles. The fourth-order valence-corrected chi connectivity index (χ4v) is 3.61. The second kappa shape index (κ2) is 8.12. The van der Waals surface area contributed by atoms with Crippen LogP contribution >= 0.6 is 0 Å². The van der Waals surface area contributed by atoms with Gasteiger partial charge in [-0.3, -0.25) is 4.57 Å². The van der Waals surface area contributed by atoms with Crippen molar-refractivity contribution in [3.63, 3.8) is 0 Å². The number of hydrogen-bond donors (Lipinski definition) is 2. The van der Waals surface area contributed by atoms with Crippen LogP contribution in [-0.2, 0) is 0 Å². The van der Waals surface area contributed by atoms with Gasteiger partial charge in [-0.25, -0.2) is 18.7 Å². The zero-order valence-electron chi connectivity index (χ0n) is 17.6. The number of hydrogen-bond acceptors (Lipinski definition) is 6. The van der Waals surface area contributed by atoms with E-state index in [4.69, 9.17) is 10.5 Å². The molecule has 0 saturated heterocycles. The molecule has 0 fully saturated rings. The Hall–Kier alpha value is -4.66. The van der Waals surface area contributed by atoms with E-state index < -0.39 is 0 Å². The van der Waals surface area contributed by atoms with Crippen molar-refractivity contribution >= 4 is 22.8 Å². The molecule has 2 heterocycles. The molecule has 3 N–H and O–H groups in total. The summed E-state index contributed by atoms with van der Waals surface area (Å²) in [5.41, 5.74) is 8.47. The van der Waals surface area contributed by atoms with Crippen molar-refractivity contribution in [3.8, 4) is 22.9 Å². The molecule has 0 aliphatic heterocycles. The number of benzene rings is 3. The van der Waals surface area contributed by atoms with Crippen molar-refractivity contribution in [2.24, 2.45) is 0 Å². The average molecular weight is 442 g/mol. The second-order valence-corrected chi connectivity index (χ2v) is 7.24. The van der Waals surface area contributed by atoms with Crippen molar-refractivity contribution in [1.29, 1.82) is 0 Å². The van der Waals surface area contributed by atoms with Crippen LogP contribution in [0.5, 0.6) is 11.5 Å². The van der Waals surface area contributed by atoms with E-state index in [0.717, 1.165) is 5.69 Å². The molecule has 0 radical (unpaired) electrons. The average Bonchev–Trinajstić information content (AvgIpc) is 3.10. The highest BCUT2D eigenvalue weighted by Crippen LogP contribution is 2.25. The summed E-state index contributed by atoms with van der Waals surface area (Å²) in [5, 5.41) is 3.07. The molecule has 33 heavy (non-hydrogen) atoms. The first-order valence-corrected chi connectivity index (χ1v) is 10.1. The van der Waals surface area contributed by atoms with Gasteiger partial charge in [0, 0.05) is 18.8 Å². The van der Waals surface area contributed by atoms with Crippen LogP contribution in [0, 0.1) is 5.82 Å². The largest absolute Gasteiger partial charge is 0.457 e. The minimum atomic E-state index is -0.384. The molecular formula is C24H19FN6O2. The third-order valence-corrected chi connectivity index (χ3v) is 5.12. The lowest BCUT2D eigenvalue weighted by atomic mass is 10.3. The van der Waals surface area contributed by atoms with Crippen molar-refractivity contribution in [1.82, 2.24) is 19.1 Å². The molecule has 164 valence electrons. The maximum atomic E-state index is 13.5. The molecule has 0 bridgehead atoms. The Kier molecular flexibility index (Phi) is 4.98. The maximum Gasteiger partial charge on any atom is 0.339 e. The predicted octanol–water partition coefficient (Wildman–Crippen LogP) is 4.13. The van der Waals surface area contributed by atoms with Crippen LogP contribution in [-0.4, -0.2) is 26.1 Å². The highest BCUT2D eigenvalue weighted by molar-refractivity contribution is 5.76. The number of ether oxygens (including phenoxy) is 1. The smallest absolute Gasteiger partial charge is 0.339 e. The highest BCUT2D eigenvalue weighted by Gasteiger charge is 2.18. The second-order valence-electron chi connectivity index (χ2n) is 7.24. The lowest BCUT2D eigenvalue weighted by molar-refractivity contribution is 0.476. The summed E-state index contributed by atoms with van der Waals surface area (Å²) in [6.45, 7) is 0. The zero-order chi connectivity index (χ0) is 22.9. The van der Waals surface area contributed by atoms with Crippen LogP contribution in [0.25, 0.3) is 22.5 Å². The van der Waals surface area contributed by atoms with Gasteiger partial charge in [0.15, 0.2) is 5.65 Å². The lowest BCUT2D eigenvalue weighted by Crippen LogP contribution is -2.22. The Morgan fingerprint density at radius 2 is 1.73 bits per heavy atom. The van der Waals surface area contributed by atoms with Crippen molar-refractivity contribution < 1.29 is 9.13 Å². The van der Waals surface area contributed by atoms with E-state index in [1.807, 2.05) is 24.3 Å². The van der Waals surface area contributed by atoms with E-state index in [9.17, 15) is 9.18 Å². The third-order valence-electron chi connectivity index (χ3n) is 5.12. The SMILES string of the molecule is CNc1cccc(-n2c(=O)n(-c3ccc(Oc4cccc(F)c4)cc3)c3cnc(N)nc32)c1. The summed E-state index contributed by atoms with van der Waals surface area (Å²) in [7, 11) is 1.80. The van der Waals surface area contributed by atoms with Crippen LogP contribution in [0.4, 0.5) is 16.0 Å². The molecule has 0 aliphatic rings. The van der Waals surface area contributed by atoms with Crippen LogP contribution in [0.3, 0.4) is 0 Å². The molecular weight excluding hydrogens is 423 g/mol. The molecule has 8 nitrogen and oxygen atoms in total. The fraction of sp³-hybridized carbons (Fsp3) is 0.0417. The Balaban J connectivity index is 1.61. The van der Waals surface area contributed by atoms with Crippen LogP contribution < -0.4 is 21.5 Å². The van der Waals surface area contributed by atoms with Crippen molar-refractivity contribution in [3.05, 3.63) is 95.3 Å². The summed E-state index contributed by atoms with van der Waals surface area (Å²) < 4.78 is 22.1. The topological polar surface area (TPSA) is 100.0 Å². The number of nitrogen functional groups attached to an aromatic ring is 1. The Bertz CT molecular complexity index is 1520. The van der Waals surface area contributed by atoms with Gasteiger partial charge in [-0.15, -0.1) is 0 Å². The zero-order valence-corrected chi connectivity index (χ0v) is 17.6. The minimum Gasteiger partial charge on any atom is -0.457 e. The Morgan fingerprint density at radius 1 is 0.939 bits per heavy atom. The van der Waals surface area contributed by atoms with Crippen LogP contribution in [0.15, 0.2) is 83.8 Å². The van der Waals surface area contributed by atoms with E-state index in [-0.39, 0.29) is 17.5 Å². The quantitative estimate of drug-likeness (QED) is 0.425. The number of aromatic nitrogens is 4. The number of anilines is 2. The number of imidazole rings is 1. The number of fused-ring (bicyclic) bond motifs is 1. The van der Waals surface area contributed by atoms with Crippen LogP contribution in [0.1, 0.15) is 0 Å². The number of rotatable bonds is 5. The number of nitrogens with zero attached hydrogens (tertiary/aromatic N) is 4. The first-order chi connectivity index (χ1) is 16.0. The summed E-state index contributed by atoms with van der Waals surface area (Å²) in [4.78, 5) is 21.9. The normalized spacial score (nSPS) is 11.0. The standard InChI is InChI=1S/C24H19FN6O2/c1-27-16-5-3-6-18(13-16)31-22-21(14-28-23(26)29-22)30(24(31)32)17-8-10-19(11-9-17)33-20-7-2-4-15(25)12-20/h2-14,27H,1H3,(H2,26,28,29). The van der Waals surface area contributed by atoms with Gasteiger partial charge in [0.25, 0.3) is 0 Å². The van der Waals surface area contributed by atoms with Gasteiger partial charge < -0.3 is 15.8 Å². The van der Waals surface area contributed by atoms with Gasteiger partial charge in [0.1, 0.15) is 22.8 Å². The molecule has 0 spiro atoms. The molecule has 9 heteroatoms. The highest BCUT2D eigenvalue weighted by atomic mass is 19.1. The van der Waals surface area contributed by atoms with Gasteiger partial charge in [0.2, 0.25) is 5.95 Å². The molecule has 3 aromatic carbocycles. The van der Waals surface area contributed by atoms with Gasteiger partial charge >= 0.3 is 5.69 Å². The Morgan fingerprint density at radius 3 is 2.48 bits per heavy atom. The fourth-order valence-electron chi connectivity index (χ4n) is 3.61. The number of halogens is 1.